The Morgan fingerprint density at radius 3 is 1.75 bits per heavy atom. The molecule has 0 aromatic carbocycles. The molecule has 0 radical (unpaired) electrons. The topological polar surface area (TPSA) is 133 Å². The number of esters is 3. The van der Waals surface area contributed by atoms with Gasteiger partial charge >= 0.3 is 17.9 Å². The van der Waals surface area contributed by atoms with Crippen molar-refractivity contribution in [2.45, 2.75) is 52.2 Å². The van der Waals surface area contributed by atoms with E-state index in [-0.39, 0.29) is 6.42 Å². The first-order valence-corrected chi connectivity index (χ1v) is 7.27. The van der Waals surface area contributed by atoms with E-state index in [1.165, 1.54) is 20.8 Å². The summed E-state index contributed by atoms with van der Waals surface area (Å²) in [6.45, 7) is 2.96. The lowest BCUT2D eigenvalue weighted by atomic mass is 10.3. The second-order valence-electron chi connectivity index (χ2n) is 5.29. The van der Waals surface area contributed by atoms with Gasteiger partial charge in [0.1, 0.15) is 37.6 Å². The summed E-state index contributed by atoms with van der Waals surface area (Å²) in [5.41, 5.74) is 0. The highest BCUT2D eigenvalue weighted by Crippen LogP contribution is 2.03. The normalized spacial score (nSPS) is 12.7. The van der Waals surface area contributed by atoms with Crippen molar-refractivity contribution in [2.24, 2.45) is 0 Å². The molecule has 0 saturated heterocycles. The second-order valence-corrected chi connectivity index (χ2v) is 5.29. The molecule has 136 valence electrons. The number of aliphatic hydroxyl groups is 1. The molecule has 9 heteroatoms. The second kappa shape index (κ2) is 11.3. The van der Waals surface area contributed by atoms with Gasteiger partial charge in [-0.3, -0.25) is 24.0 Å². The lowest BCUT2D eigenvalue weighted by Gasteiger charge is -2.18. The van der Waals surface area contributed by atoms with Crippen molar-refractivity contribution in [1.29, 1.82) is 0 Å². The Bertz CT molecular complexity index is 481. The Morgan fingerprint density at radius 2 is 1.29 bits per heavy atom. The van der Waals surface area contributed by atoms with Gasteiger partial charge in [-0.25, -0.2) is 0 Å². The molecule has 0 aliphatic carbocycles. The number of Topliss-reactive ketones (excluding diaryl/α,β-unsaturated/α-hetero) is 2. The van der Waals surface area contributed by atoms with Crippen LogP contribution in [0.1, 0.15) is 40.0 Å². The van der Waals surface area contributed by atoms with Gasteiger partial charge < -0.3 is 19.3 Å². The monoisotopic (exact) mass is 346 g/mol. The smallest absolute Gasteiger partial charge is 0.313 e. The van der Waals surface area contributed by atoms with Crippen molar-refractivity contribution in [3.05, 3.63) is 0 Å². The molecule has 0 saturated carbocycles. The maximum absolute atomic E-state index is 11.5. The fourth-order valence-corrected chi connectivity index (χ4v) is 1.47. The van der Waals surface area contributed by atoms with Crippen LogP contribution in [0.15, 0.2) is 0 Å². The Hall–Kier alpha value is -2.29. The zero-order chi connectivity index (χ0) is 18.7. The molecular weight excluding hydrogens is 324 g/mol. The van der Waals surface area contributed by atoms with Crippen LogP contribution in [0.2, 0.25) is 0 Å². The standard InChI is InChI=1S/C15H22O9/c1-9(16)4-13(19)22-7-12(24-15(21)6-11(3)18)8-23-14(20)5-10(2)17/h9,12,16H,4-8H2,1-3H3. The van der Waals surface area contributed by atoms with E-state index in [9.17, 15) is 24.0 Å². The number of ether oxygens (including phenoxy) is 3. The Labute approximate surface area is 139 Å². The van der Waals surface area contributed by atoms with Gasteiger partial charge in [0, 0.05) is 0 Å². The SMILES string of the molecule is CC(=O)CC(=O)OCC(COC(=O)CC(C)O)OC(=O)CC(C)=O. The molecule has 0 heterocycles. The predicted molar refractivity (Wildman–Crippen MR) is 78.7 cm³/mol. The highest BCUT2D eigenvalue weighted by atomic mass is 16.6. The molecule has 0 aliphatic rings. The van der Waals surface area contributed by atoms with Gasteiger partial charge in [0.2, 0.25) is 0 Å². The average Bonchev–Trinajstić information content (AvgIpc) is 2.39. The maximum Gasteiger partial charge on any atom is 0.313 e. The summed E-state index contributed by atoms with van der Waals surface area (Å²) in [5, 5.41) is 9.07. The highest BCUT2D eigenvalue weighted by Gasteiger charge is 2.21. The van der Waals surface area contributed by atoms with Crippen LogP contribution in [-0.2, 0) is 38.2 Å². The van der Waals surface area contributed by atoms with Crippen molar-refractivity contribution >= 4 is 29.5 Å². The fourth-order valence-electron chi connectivity index (χ4n) is 1.47. The van der Waals surface area contributed by atoms with E-state index >= 15 is 0 Å². The molecule has 24 heavy (non-hydrogen) atoms. The zero-order valence-corrected chi connectivity index (χ0v) is 13.9. The minimum atomic E-state index is -1.12. The average molecular weight is 346 g/mol. The predicted octanol–water partition coefficient (Wildman–Crippen LogP) is -0.286. The maximum atomic E-state index is 11.5. The highest BCUT2D eigenvalue weighted by molar-refractivity contribution is 5.94. The van der Waals surface area contributed by atoms with Gasteiger partial charge in [-0.15, -0.1) is 0 Å². The van der Waals surface area contributed by atoms with Crippen molar-refractivity contribution < 1.29 is 43.3 Å². The van der Waals surface area contributed by atoms with E-state index in [0.717, 1.165) is 0 Å². The molecule has 1 N–H and O–H groups in total. The molecule has 2 unspecified atom stereocenters. The molecule has 0 aromatic heterocycles. The van der Waals surface area contributed by atoms with Gasteiger partial charge in [-0.2, -0.15) is 0 Å². The lowest BCUT2D eigenvalue weighted by molar-refractivity contribution is -0.168. The number of hydrogen-bond acceptors (Lipinski definition) is 9. The number of carbonyl (C=O) groups excluding carboxylic acids is 5. The lowest BCUT2D eigenvalue weighted by Crippen LogP contribution is -2.32. The van der Waals surface area contributed by atoms with Gasteiger partial charge in [-0.1, -0.05) is 0 Å². The number of hydrogen-bond donors (Lipinski definition) is 1. The fraction of sp³-hybridized carbons (Fsp3) is 0.667. The van der Waals surface area contributed by atoms with E-state index in [2.05, 4.69) is 0 Å². The summed E-state index contributed by atoms with van der Waals surface area (Å²) in [6, 6.07) is 0. The molecule has 0 rings (SSSR count). The molecule has 0 amide bonds. The number of aliphatic hydroxyl groups excluding tert-OH is 1. The summed E-state index contributed by atoms with van der Waals surface area (Å²) in [5.74, 6) is -3.22. The number of ketones is 2. The number of carbonyl (C=O) groups is 5. The third kappa shape index (κ3) is 12.3. The molecule has 0 aliphatic heterocycles. The van der Waals surface area contributed by atoms with E-state index in [1.54, 1.807) is 0 Å². The summed E-state index contributed by atoms with van der Waals surface area (Å²) >= 11 is 0. The minimum absolute atomic E-state index is 0.252. The van der Waals surface area contributed by atoms with Gasteiger partial charge in [0.15, 0.2) is 6.10 Å². The van der Waals surface area contributed by atoms with Crippen molar-refractivity contribution in [3.8, 4) is 0 Å². The minimum Gasteiger partial charge on any atom is -0.462 e. The van der Waals surface area contributed by atoms with Gasteiger partial charge in [0.25, 0.3) is 0 Å². The van der Waals surface area contributed by atoms with Crippen LogP contribution in [0, 0.1) is 0 Å². The van der Waals surface area contributed by atoms with Crippen molar-refractivity contribution in [1.82, 2.24) is 0 Å². The van der Waals surface area contributed by atoms with Crippen LogP contribution in [0.3, 0.4) is 0 Å². The first kappa shape index (κ1) is 21.7. The molecule has 9 nitrogen and oxygen atoms in total. The first-order valence-electron chi connectivity index (χ1n) is 7.27. The summed E-state index contributed by atoms with van der Waals surface area (Å²) in [6.07, 6.45) is -3.18. The van der Waals surface area contributed by atoms with Crippen molar-refractivity contribution in [3.63, 3.8) is 0 Å². The van der Waals surface area contributed by atoms with Gasteiger partial charge in [0.05, 0.1) is 12.5 Å². The van der Waals surface area contributed by atoms with Crippen molar-refractivity contribution in [2.75, 3.05) is 13.2 Å². The van der Waals surface area contributed by atoms with E-state index < -0.39 is 67.7 Å². The van der Waals surface area contributed by atoms with E-state index in [1.807, 2.05) is 0 Å². The summed E-state index contributed by atoms with van der Waals surface area (Å²) in [4.78, 5) is 55.9. The molecule has 2 atom stereocenters. The van der Waals surface area contributed by atoms with Gasteiger partial charge in [-0.05, 0) is 20.8 Å². The van der Waals surface area contributed by atoms with E-state index in [0.29, 0.717) is 0 Å². The van der Waals surface area contributed by atoms with Crippen LogP contribution >= 0.6 is 0 Å². The van der Waals surface area contributed by atoms with Crippen LogP contribution in [0.4, 0.5) is 0 Å². The largest absolute Gasteiger partial charge is 0.462 e. The molecule has 0 spiro atoms. The third-order valence-electron chi connectivity index (χ3n) is 2.41. The van der Waals surface area contributed by atoms with Crippen LogP contribution in [0.25, 0.3) is 0 Å². The Balaban J connectivity index is 4.55. The number of rotatable bonds is 11. The van der Waals surface area contributed by atoms with E-state index in [4.69, 9.17) is 19.3 Å². The zero-order valence-electron chi connectivity index (χ0n) is 13.9. The summed E-state index contributed by atoms with van der Waals surface area (Å²) in [7, 11) is 0. The molecular formula is C15H22O9. The molecule has 0 bridgehead atoms. The quantitative estimate of drug-likeness (QED) is 0.304. The van der Waals surface area contributed by atoms with Crippen LogP contribution in [0.5, 0.6) is 0 Å². The van der Waals surface area contributed by atoms with Crippen LogP contribution < -0.4 is 0 Å². The first-order chi connectivity index (χ1) is 11.1. The van der Waals surface area contributed by atoms with Crippen LogP contribution in [-0.4, -0.2) is 60.0 Å². The molecule has 0 fully saturated rings. The molecule has 0 aromatic rings. The third-order valence-corrected chi connectivity index (χ3v) is 2.41. The Morgan fingerprint density at radius 1 is 0.833 bits per heavy atom. The summed E-state index contributed by atoms with van der Waals surface area (Å²) < 4.78 is 14.5. The Kier molecular flexibility index (Phi) is 10.2.